The van der Waals surface area contributed by atoms with Crippen LogP contribution in [0.3, 0.4) is 0 Å². The van der Waals surface area contributed by atoms with Crippen molar-refractivity contribution in [3.8, 4) is 5.75 Å². The van der Waals surface area contributed by atoms with E-state index in [0.717, 1.165) is 0 Å². The molecule has 3 rings (SSSR count). The van der Waals surface area contributed by atoms with Crippen LogP contribution in [0.15, 0.2) is 33.7 Å². The van der Waals surface area contributed by atoms with Crippen LogP contribution in [0.4, 0.5) is 0 Å². The fourth-order valence-electron chi connectivity index (χ4n) is 2.59. The summed E-state index contributed by atoms with van der Waals surface area (Å²) in [6, 6.07) is 3.54. The molecule has 0 amide bonds. The first-order valence-electron chi connectivity index (χ1n) is 6.71. The number of fused-ring (bicyclic) bond motifs is 1. The summed E-state index contributed by atoms with van der Waals surface area (Å²) in [4.78, 5) is 23.9. The monoisotopic (exact) mass is 321 g/mol. The minimum atomic E-state index is -0.949. The van der Waals surface area contributed by atoms with Gasteiger partial charge in [-0.1, -0.05) is 0 Å². The van der Waals surface area contributed by atoms with Crippen LogP contribution in [0, 0.1) is 0 Å². The number of phenolic OH excluding ortho intramolecular Hbond substituents is 1. The van der Waals surface area contributed by atoms with Crippen molar-refractivity contribution in [2.45, 2.75) is 30.0 Å². The van der Waals surface area contributed by atoms with Gasteiger partial charge in [-0.15, -0.1) is 11.8 Å². The number of carboxylic acid groups (broad SMARTS) is 1. The number of benzene rings is 1. The van der Waals surface area contributed by atoms with Crippen molar-refractivity contribution in [3.63, 3.8) is 0 Å². The van der Waals surface area contributed by atoms with E-state index in [1.807, 2.05) is 13.8 Å². The van der Waals surface area contributed by atoms with Crippen LogP contribution in [0.2, 0.25) is 0 Å². The number of aliphatic carboxylic acids is 1. The molecule has 1 saturated heterocycles. The van der Waals surface area contributed by atoms with E-state index >= 15 is 0 Å². The molecule has 3 N–H and O–H groups in total. The van der Waals surface area contributed by atoms with E-state index in [1.54, 1.807) is 0 Å². The Morgan fingerprint density at radius 2 is 2.14 bits per heavy atom. The van der Waals surface area contributed by atoms with Gasteiger partial charge in [0.15, 0.2) is 5.43 Å². The molecule has 116 valence electrons. The molecule has 1 aromatic carbocycles. The topological polar surface area (TPSA) is 99.8 Å². The molecule has 7 heteroatoms. The molecule has 2 atom stereocenters. The minimum absolute atomic E-state index is 0.0174. The molecular formula is C15H15NO5S. The fourth-order valence-corrected chi connectivity index (χ4v) is 4.00. The molecule has 6 nitrogen and oxygen atoms in total. The lowest BCUT2D eigenvalue weighted by atomic mass is 10.0. The van der Waals surface area contributed by atoms with Gasteiger partial charge in [0.1, 0.15) is 23.6 Å². The summed E-state index contributed by atoms with van der Waals surface area (Å²) in [7, 11) is 0. The second-order valence-electron chi connectivity index (χ2n) is 5.74. The number of thioether (sulfide) groups is 1. The lowest BCUT2D eigenvalue weighted by Crippen LogP contribution is -2.43. The SMILES string of the molecule is CC1(C)SC(c2coc3cc(O)ccc3c2=O)NC1C(=O)O. The second kappa shape index (κ2) is 5.03. The summed E-state index contributed by atoms with van der Waals surface area (Å²) in [6.07, 6.45) is 1.33. The molecule has 0 aliphatic carbocycles. The van der Waals surface area contributed by atoms with Gasteiger partial charge in [-0.25, -0.2) is 0 Å². The first kappa shape index (κ1) is 14.9. The molecule has 2 unspecified atom stereocenters. The van der Waals surface area contributed by atoms with Crippen molar-refractivity contribution < 1.29 is 19.4 Å². The first-order chi connectivity index (χ1) is 10.3. The Labute approximate surface area is 130 Å². The minimum Gasteiger partial charge on any atom is -0.508 e. The summed E-state index contributed by atoms with van der Waals surface area (Å²) < 4.78 is 4.87. The number of aromatic hydroxyl groups is 1. The van der Waals surface area contributed by atoms with Gasteiger partial charge in [0, 0.05) is 10.8 Å². The first-order valence-corrected chi connectivity index (χ1v) is 7.58. The summed E-state index contributed by atoms with van der Waals surface area (Å²) in [6.45, 7) is 3.65. The van der Waals surface area contributed by atoms with Gasteiger partial charge in [0.2, 0.25) is 0 Å². The Bertz CT molecular complexity index is 813. The van der Waals surface area contributed by atoms with Gasteiger partial charge in [0.25, 0.3) is 0 Å². The van der Waals surface area contributed by atoms with Crippen LogP contribution in [0.5, 0.6) is 5.75 Å². The van der Waals surface area contributed by atoms with E-state index in [1.165, 1.54) is 36.2 Å². The van der Waals surface area contributed by atoms with Crippen LogP contribution in [-0.2, 0) is 4.79 Å². The highest BCUT2D eigenvalue weighted by Crippen LogP contribution is 2.45. The molecule has 1 aliphatic heterocycles. The zero-order valence-electron chi connectivity index (χ0n) is 12.0. The maximum atomic E-state index is 12.6. The fraction of sp³-hybridized carbons (Fsp3) is 0.333. The van der Waals surface area contributed by atoms with E-state index in [2.05, 4.69) is 5.32 Å². The van der Waals surface area contributed by atoms with Crippen LogP contribution in [-0.4, -0.2) is 27.0 Å². The van der Waals surface area contributed by atoms with Crippen molar-refractivity contribution in [2.75, 3.05) is 0 Å². The third kappa shape index (κ3) is 2.36. The standard InChI is InChI=1S/C15H15NO5S/c1-15(2)12(14(19)20)16-13(22-15)9-6-21-10-5-7(17)3-4-8(10)11(9)18/h3-6,12-13,16-17H,1-2H3,(H,19,20). The molecule has 2 aromatic rings. The van der Waals surface area contributed by atoms with E-state index in [4.69, 9.17) is 4.42 Å². The average molecular weight is 321 g/mol. The molecule has 0 radical (unpaired) electrons. The van der Waals surface area contributed by atoms with Crippen molar-refractivity contribution in [3.05, 3.63) is 40.2 Å². The second-order valence-corrected chi connectivity index (χ2v) is 7.50. The quantitative estimate of drug-likeness (QED) is 0.778. The molecular weight excluding hydrogens is 306 g/mol. The predicted octanol–water partition coefficient (Wildman–Crippen LogP) is 2.07. The normalized spacial score (nSPS) is 23.7. The van der Waals surface area contributed by atoms with Gasteiger partial charge in [0.05, 0.1) is 16.3 Å². The summed E-state index contributed by atoms with van der Waals surface area (Å²) in [5.41, 5.74) is 0.443. The number of rotatable bonds is 2. The number of hydrogen-bond donors (Lipinski definition) is 3. The molecule has 0 bridgehead atoms. The highest BCUT2D eigenvalue weighted by molar-refractivity contribution is 8.01. The van der Waals surface area contributed by atoms with Gasteiger partial charge < -0.3 is 14.6 Å². The van der Waals surface area contributed by atoms with Crippen molar-refractivity contribution in [1.82, 2.24) is 5.32 Å². The van der Waals surface area contributed by atoms with E-state index in [-0.39, 0.29) is 11.2 Å². The third-order valence-corrected chi connectivity index (χ3v) is 5.22. The van der Waals surface area contributed by atoms with E-state index < -0.39 is 22.1 Å². The maximum absolute atomic E-state index is 12.6. The Morgan fingerprint density at radius 1 is 1.41 bits per heavy atom. The molecule has 1 fully saturated rings. The zero-order valence-corrected chi connectivity index (χ0v) is 12.8. The lowest BCUT2D eigenvalue weighted by Gasteiger charge is -2.20. The summed E-state index contributed by atoms with van der Waals surface area (Å²) in [5.74, 6) is -0.932. The van der Waals surface area contributed by atoms with Crippen molar-refractivity contribution in [2.24, 2.45) is 0 Å². The smallest absolute Gasteiger partial charge is 0.322 e. The van der Waals surface area contributed by atoms with Crippen LogP contribution in [0.1, 0.15) is 24.8 Å². The predicted molar refractivity (Wildman–Crippen MR) is 83.1 cm³/mol. The van der Waals surface area contributed by atoms with E-state index in [9.17, 15) is 19.8 Å². The number of nitrogens with one attached hydrogen (secondary N) is 1. The summed E-state index contributed by atoms with van der Waals surface area (Å²) >= 11 is 1.38. The van der Waals surface area contributed by atoms with Crippen LogP contribution in [0.25, 0.3) is 11.0 Å². The van der Waals surface area contributed by atoms with Crippen molar-refractivity contribution in [1.29, 1.82) is 0 Å². The Hall–Kier alpha value is -1.99. The van der Waals surface area contributed by atoms with Gasteiger partial charge in [-0.2, -0.15) is 0 Å². The van der Waals surface area contributed by atoms with Gasteiger partial charge in [-0.3, -0.25) is 14.9 Å². The van der Waals surface area contributed by atoms with Gasteiger partial charge >= 0.3 is 5.97 Å². The Morgan fingerprint density at radius 3 is 2.77 bits per heavy atom. The highest BCUT2D eigenvalue weighted by Gasteiger charge is 2.46. The molecule has 22 heavy (non-hydrogen) atoms. The number of carboxylic acids is 1. The van der Waals surface area contributed by atoms with Crippen LogP contribution >= 0.6 is 11.8 Å². The van der Waals surface area contributed by atoms with Crippen LogP contribution < -0.4 is 10.7 Å². The number of phenols is 1. The maximum Gasteiger partial charge on any atom is 0.322 e. The zero-order chi connectivity index (χ0) is 16.1. The Balaban J connectivity index is 2.05. The summed E-state index contributed by atoms with van der Waals surface area (Å²) in [5, 5.41) is 21.6. The third-order valence-electron chi connectivity index (χ3n) is 3.75. The van der Waals surface area contributed by atoms with Crippen molar-refractivity contribution >= 4 is 28.7 Å². The largest absolute Gasteiger partial charge is 0.508 e. The van der Waals surface area contributed by atoms with E-state index in [0.29, 0.717) is 16.5 Å². The lowest BCUT2D eigenvalue weighted by molar-refractivity contribution is -0.139. The molecule has 2 heterocycles. The molecule has 0 spiro atoms. The molecule has 1 aromatic heterocycles. The number of hydrogen-bond acceptors (Lipinski definition) is 6. The number of carbonyl (C=O) groups is 1. The average Bonchev–Trinajstić information content (AvgIpc) is 2.74. The Kier molecular flexibility index (Phi) is 3.41. The molecule has 0 saturated carbocycles. The molecule has 1 aliphatic rings. The van der Waals surface area contributed by atoms with Gasteiger partial charge in [-0.05, 0) is 26.0 Å². The highest BCUT2D eigenvalue weighted by atomic mass is 32.2.